The zero-order valence-electron chi connectivity index (χ0n) is 18.1. The third kappa shape index (κ3) is 5.18. The summed E-state index contributed by atoms with van der Waals surface area (Å²) in [6, 6.07) is 21.9. The second-order valence-corrected chi connectivity index (χ2v) is 7.54. The molecule has 4 aromatic carbocycles. The van der Waals surface area contributed by atoms with E-state index in [9.17, 15) is 19.8 Å². The van der Waals surface area contributed by atoms with E-state index in [2.05, 4.69) is 21.1 Å². The van der Waals surface area contributed by atoms with E-state index in [-0.39, 0.29) is 24.3 Å². The summed E-state index contributed by atoms with van der Waals surface area (Å²) in [5.74, 6) is -0.762. The molecule has 170 valence electrons. The molecule has 0 spiro atoms. The molecule has 4 aromatic rings. The van der Waals surface area contributed by atoms with Crippen molar-refractivity contribution in [1.29, 1.82) is 0 Å². The van der Waals surface area contributed by atoms with E-state index < -0.39 is 11.8 Å². The summed E-state index contributed by atoms with van der Waals surface area (Å²) >= 11 is 0. The van der Waals surface area contributed by atoms with Crippen LogP contribution in [-0.2, 0) is 9.59 Å². The van der Waals surface area contributed by atoms with E-state index in [1.54, 1.807) is 24.3 Å². The average molecular weight is 454 g/mol. The number of carbonyl (C=O) groups excluding carboxylic acids is 2. The molecule has 0 heterocycles. The van der Waals surface area contributed by atoms with Crippen LogP contribution in [0.15, 0.2) is 83.0 Å². The summed E-state index contributed by atoms with van der Waals surface area (Å²) in [6.45, 7) is 0. The normalized spacial score (nSPS) is 11.4. The van der Waals surface area contributed by atoms with Gasteiger partial charge in [0, 0.05) is 34.7 Å². The predicted molar refractivity (Wildman–Crippen MR) is 132 cm³/mol. The van der Waals surface area contributed by atoms with Gasteiger partial charge in [-0.3, -0.25) is 9.59 Å². The number of phenolic OH excluding ortho intramolecular Hbond substituents is 2. The molecule has 2 amide bonds. The Balaban J connectivity index is 1.25. The minimum absolute atomic E-state index is 0.0748. The number of phenols is 2. The van der Waals surface area contributed by atoms with Gasteiger partial charge in [-0.15, -0.1) is 0 Å². The van der Waals surface area contributed by atoms with Gasteiger partial charge < -0.3 is 10.2 Å². The van der Waals surface area contributed by atoms with Crippen molar-refractivity contribution in [1.82, 2.24) is 10.9 Å². The molecule has 0 saturated carbocycles. The number of hydrazone groups is 2. The van der Waals surface area contributed by atoms with Crippen LogP contribution in [0.25, 0.3) is 21.5 Å². The number of nitrogens with one attached hydrogen (secondary N) is 2. The number of aromatic hydroxyl groups is 2. The van der Waals surface area contributed by atoms with E-state index in [1.807, 2.05) is 48.5 Å². The summed E-state index contributed by atoms with van der Waals surface area (Å²) in [6.07, 6.45) is 2.51. The van der Waals surface area contributed by atoms with Crippen molar-refractivity contribution >= 4 is 45.8 Å². The SMILES string of the molecule is O=C(CCC(=O)NN=Cc1ccc2ccccc2c1O)NN=Cc1ccc2ccccc2c1O. The lowest BCUT2D eigenvalue weighted by atomic mass is 10.1. The highest BCUT2D eigenvalue weighted by molar-refractivity contribution is 5.98. The summed E-state index contributed by atoms with van der Waals surface area (Å²) in [7, 11) is 0. The van der Waals surface area contributed by atoms with Crippen molar-refractivity contribution in [3.05, 3.63) is 83.9 Å². The van der Waals surface area contributed by atoms with Crippen LogP contribution in [-0.4, -0.2) is 34.5 Å². The Kier molecular flexibility index (Phi) is 6.78. The predicted octanol–water partition coefficient (Wildman–Crippen LogP) is 3.78. The number of hydrogen-bond donors (Lipinski definition) is 4. The van der Waals surface area contributed by atoms with Crippen LogP contribution in [0.5, 0.6) is 11.5 Å². The minimum Gasteiger partial charge on any atom is -0.507 e. The summed E-state index contributed by atoms with van der Waals surface area (Å²) in [5, 5.41) is 31.5. The van der Waals surface area contributed by atoms with Crippen LogP contribution in [0.2, 0.25) is 0 Å². The number of benzene rings is 4. The summed E-state index contributed by atoms with van der Waals surface area (Å²) in [4.78, 5) is 23.9. The van der Waals surface area contributed by atoms with Gasteiger partial charge in [-0.05, 0) is 22.9 Å². The lowest BCUT2D eigenvalue weighted by Gasteiger charge is -2.04. The van der Waals surface area contributed by atoms with Crippen LogP contribution >= 0.6 is 0 Å². The maximum atomic E-state index is 12.0. The Morgan fingerprint density at radius 1 is 0.647 bits per heavy atom. The van der Waals surface area contributed by atoms with Gasteiger partial charge in [-0.2, -0.15) is 10.2 Å². The second kappa shape index (κ2) is 10.3. The van der Waals surface area contributed by atoms with E-state index in [4.69, 9.17) is 0 Å². The molecular weight excluding hydrogens is 432 g/mol. The Morgan fingerprint density at radius 3 is 1.50 bits per heavy atom. The Labute approximate surface area is 195 Å². The topological polar surface area (TPSA) is 123 Å². The van der Waals surface area contributed by atoms with Gasteiger partial charge in [-0.25, -0.2) is 10.9 Å². The molecule has 0 bridgehead atoms. The molecule has 0 aromatic heterocycles. The van der Waals surface area contributed by atoms with Crippen LogP contribution in [0.3, 0.4) is 0 Å². The number of rotatable bonds is 7. The molecule has 0 radical (unpaired) electrons. The van der Waals surface area contributed by atoms with Crippen LogP contribution in [0, 0.1) is 0 Å². The molecule has 4 rings (SSSR count). The molecule has 0 atom stereocenters. The fourth-order valence-corrected chi connectivity index (χ4v) is 3.44. The number of hydrogen-bond acceptors (Lipinski definition) is 6. The van der Waals surface area contributed by atoms with Crippen molar-refractivity contribution in [2.45, 2.75) is 12.8 Å². The van der Waals surface area contributed by atoms with Crippen molar-refractivity contribution in [3.8, 4) is 11.5 Å². The standard InChI is InChI=1S/C26H22N4O4/c31-23(29-27-15-19-11-9-17-5-1-3-7-21(17)25(19)33)13-14-24(32)30-28-16-20-12-10-18-6-2-4-8-22(18)26(20)34/h1-12,15-16,33-34H,13-14H2,(H,29,31)(H,30,32). The summed E-state index contributed by atoms with van der Waals surface area (Å²) in [5.41, 5.74) is 5.59. The quantitative estimate of drug-likeness (QED) is 0.251. The first-order valence-electron chi connectivity index (χ1n) is 10.6. The van der Waals surface area contributed by atoms with E-state index >= 15 is 0 Å². The molecule has 0 aliphatic carbocycles. The lowest BCUT2D eigenvalue weighted by molar-refractivity contribution is -0.126. The zero-order valence-corrected chi connectivity index (χ0v) is 18.1. The van der Waals surface area contributed by atoms with Crippen molar-refractivity contribution < 1.29 is 19.8 Å². The molecular formula is C26H22N4O4. The van der Waals surface area contributed by atoms with E-state index in [0.717, 1.165) is 10.8 Å². The van der Waals surface area contributed by atoms with Crippen LogP contribution in [0.1, 0.15) is 24.0 Å². The number of nitrogens with zero attached hydrogens (tertiary/aromatic N) is 2. The minimum atomic E-state index is -0.456. The molecule has 0 saturated heterocycles. The highest BCUT2D eigenvalue weighted by atomic mass is 16.3. The Hall–Kier alpha value is -4.72. The Bertz CT molecular complexity index is 1320. The maximum absolute atomic E-state index is 12.0. The van der Waals surface area contributed by atoms with Crippen molar-refractivity contribution in [3.63, 3.8) is 0 Å². The molecule has 0 unspecified atom stereocenters. The lowest BCUT2D eigenvalue weighted by Crippen LogP contribution is -2.22. The number of carbonyl (C=O) groups is 2. The van der Waals surface area contributed by atoms with Gasteiger partial charge in [-0.1, -0.05) is 60.7 Å². The van der Waals surface area contributed by atoms with Gasteiger partial charge in [0.1, 0.15) is 11.5 Å². The monoisotopic (exact) mass is 454 g/mol. The van der Waals surface area contributed by atoms with Gasteiger partial charge in [0.15, 0.2) is 0 Å². The highest BCUT2D eigenvalue weighted by Gasteiger charge is 2.08. The Morgan fingerprint density at radius 2 is 1.06 bits per heavy atom. The fraction of sp³-hybridized carbons (Fsp3) is 0.0769. The summed E-state index contributed by atoms with van der Waals surface area (Å²) < 4.78 is 0. The van der Waals surface area contributed by atoms with Gasteiger partial charge in [0.2, 0.25) is 11.8 Å². The molecule has 4 N–H and O–H groups in total. The van der Waals surface area contributed by atoms with E-state index in [0.29, 0.717) is 21.9 Å². The third-order valence-corrected chi connectivity index (χ3v) is 5.23. The van der Waals surface area contributed by atoms with Gasteiger partial charge in [0.25, 0.3) is 0 Å². The smallest absolute Gasteiger partial charge is 0.240 e. The van der Waals surface area contributed by atoms with Crippen molar-refractivity contribution in [2.75, 3.05) is 0 Å². The largest absolute Gasteiger partial charge is 0.507 e. The molecule has 8 nitrogen and oxygen atoms in total. The highest BCUT2D eigenvalue weighted by Crippen LogP contribution is 2.28. The molecule has 8 heteroatoms. The molecule has 0 fully saturated rings. The molecule has 0 aliphatic rings. The average Bonchev–Trinajstić information content (AvgIpc) is 2.86. The first-order chi connectivity index (χ1) is 16.5. The zero-order chi connectivity index (χ0) is 23.9. The van der Waals surface area contributed by atoms with Crippen LogP contribution in [0.4, 0.5) is 0 Å². The van der Waals surface area contributed by atoms with Gasteiger partial charge in [0.05, 0.1) is 12.4 Å². The van der Waals surface area contributed by atoms with Crippen molar-refractivity contribution in [2.24, 2.45) is 10.2 Å². The second-order valence-electron chi connectivity index (χ2n) is 7.54. The number of amides is 2. The number of fused-ring (bicyclic) bond motifs is 2. The molecule has 0 aliphatic heterocycles. The van der Waals surface area contributed by atoms with Crippen LogP contribution < -0.4 is 10.9 Å². The fourth-order valence-electron chi connectivity index (χ4n) is 3.44. The third-order valence-electron chi connectivity index (χ3n) is 5.23. The van der Waals surface area contributed by atoms with E-state index in [1.165, 1.54) is 12.4 Å². The maximum Gasteiger partial charge on any atom is 0.240 e. The van der Waals surface area contributed by atoms with Gasteiger partial charge >= 0.3 is 0 Å². The molecule has 34 heavy (non-hydrogen) atoms. The first-order valence-corrected chi connectivity index (χ1v) is 10.6. The first kappa shape index (κ1) is 22.5.